The summed E-state index contributed by atoms with van der Waals surface area (Å²) in [5.74, 6) is 0.770. The molecule has 0 saturated heterocycles. The number of rotatable bonds is 6. The van der Waals surface area contributed by atoms with Crippen molar-refractivity contribution in [2.24, 2.45) is 0 Å². The molecular weight excluding hydrogens is 276 g/mol. The number of carboxylic acid groups (broad SMARTS) is 1. The molecule has 0 aliphatic carbocycles. The maximum Gasteiger partial charge on any atom is 0.338 e. The van der Waals surface area contributed by atoms with Gasteiger partial charge in [0.2, 0.25) is 0 Å². The third kappa shape index (κ3) is 4.77. The average Bonchev–Trinajstić information content (AvgIpc) is 2.35. The van der Waals surface area contributed by atoms with E-state index in [1.807, 2.05) is 6.92 Å². The fourth-order valence-electron chi connectivity index (χ4n) is 1.77. The molecule has 1 unspecified atom stereocenters. The Morgan fingerprint density at radius 1 is 1.40 bits per heavy atom. The van der Waals surface area contributed by atoms with Crippen molar-refractivity contribution in [3.63, 3.8) is 0 Å². The zero-order valence-electron chi connectivity index (χ0n) is 11.9. The topological polar surface area (TPSA) is 78.4 Å². The third-order valence-corrected chi connectivity index (χ3v) is 3.83. The highest BCUT2D eigenvalue weighted by Crippen LogP contribution is 2.19. The van der Waals surface area contributed by atoms with Gasteiger partial charge in [-0.1, -0.05) is 19.1 Å². The van der Waals surface area contributed by atoms with E-state index in [1.165, 1.54) is 0 Å². The lowest BCUT2D eigenvalue weighted by molar-refractivity contribution is 0.0697. The molecule has 6 heteroatoms. The van der Waals surface area contributed by atoms with Crippen LogP contribution in [0.3, 0.4) is 0 Å². The number of amides is 2. The SMILES string of the molecule is CCSCC(C)NC(=O)Nc1cccc(C)c1C(=O)O. The summed E-state index contributed by atoms with van der Waals surface area (Å²) in [7, 11) is 0. The van der Waals surface area contributed by atoms with Crippen LogP contribution in [0.1, 0.15) is 29.8 Å². The zero-order chi connectivity index (χ0) is 15.1. The van der Waals surface area contributed by atoms with E-state index in [0.29, 0.717) is 11.3 Å². The van der Waals surface area contributed by atoms with Crippen LogP contribution in [0.4, 0.5) is 10.5 Å². The summed E-state index contributed by atoms with van der Waals surface area (Å²) >= 11 is 1.74. The van der Waals surface area contributed by atoms with Crippen LogP contribution in [-0.4, -0.2) is 34.7 Å². The number of benzene rings is 1. The van der Waals surface area contributed by atoms with Crippen molar-refractivity contribution in [1.82, 2.24) is 5.32 Å². The molecule has 1 aromatic carbocycles. The molecule has 0 fully saturated rings. The highest BCUT2D eigenvalue weighted by molar-refractivity contribution is 7.99. The van der Waals surface area contributed by atoms with Crippen molar-refractivity contribution in [2.45, 2.75) is 26.8 Å². The lowest BCUT2D eigenvalue weighted by Crippen LogP contribution is -2.37. The molecule has 0 aromatic heterocycles. The van der Waals surface area contributed by atoms with E-state index in [-0.39, 0.29) is 17.6 Å². The summed E-state index contributed by atoms with van der Waals surface area (Å²) in [6.45, 7) is 5.67. The van der Waals surface area contributed by atoms with Gasteiger partial charge in [0.05, 0.1) is 11.3 Å². The van der Waals surface area contributed by atoms with Gasteiger partial charge in [0.15, 0.2) is 0 Å². The molecular formula is C14H20N2O3S. The molecule has 2 amide bonds. The Kier molecular flexibility index (Phi) is 6.38. The Morgan fingerprint density at radius 3 is 2.70 bits per heavy atom. The van der Waals surface area contributed by atoms with Crippen LogP contribution < -0.4 is 10.6 Å². The molecule has 110 valence electrons. The van der Waals surface area contributed by atoms with Gasteiger partial charge < -0.3 is 15.7 Å². The van der Waals surface area contributed by atoms with Crippen molar-refractivity contribution in [1.29, 1.82) is 0 Å². The molecule has 0 aliphatic rings. The first-order valence-electron chi connectivity index (χ1n) is 6.43. The molecule has 0 spiro atoms. The lowest BCUT2D eigenvalue weighted by Gasteiger charge is -2.15. The quantitative estimate of drug-likeness (QED) is 0.754. The minimum atomic E-state index is -1.05. The van der Waals surface area contributed by atoms with Gasteiger partial charge in [-0.05, 0) is 31.2 Å². The normalized spacial score (nSPS) is 11.8. The number of nitrogens with one attached hydrogen (secondary N) is 2. The average molecular weight is 296 g/mol. The van der Waals surface area contributed by atoms with Crippen LogP contribution in [-0.2, 0) is 0 Å². The first-order chi connectivity index (χ1) is 9.45. The molecule has 0 radical (unpaired) electrons. The maximum atomic E-state index is 11.8. The molecule has 1 atom stereocenters. The van der Waals surface area contributed by atoms with Gasteiger partial charge in [-0.25, -0.2) is 9.59 Å². The van der Waals surface area contributed by atoms with Crippen LogP contribution in [0.2, 0.25) is 0 Å². The predicted molar refractivity (Wildman–Crippen MR) is 82.8 cm³/mol. The van der Waals surface area contributed by atoms with Gasteiger partial charge in [-0.15, -0.1) is 0 Å². The first kappa shape index (κ1) is 16.4. The highest BCUT2D eigenvalue weighted by Gasteiger charge is 2.15. The number of urea groups is 1. The maximum absolute atomic E-state index is 11.8. The first-order valence-corrected chi connectivity index (χ1v) is 7.59. The molecule has 1 aromatic rings. The van der Waals surface area contributed by atoms with E-state index in [2.05, 4.69) is 17.6 Å². The molecule has 1 rings (SSSR count). The van der Waals surface area contributed by atoms with Gasteiger partial charge >= 0.3 is 12.0 Å². The van der Waals surface area contributed by atoms with Crippen LogP contribution in [0.25, 0.3) is 0 Å². The van der Waals surface area contributed by atoms with Gasteiger partial charge in [0.1, 0.15) is 0 Å². The second-order valence-corrected chi connectivity index (χ2v) is 5.78. The van der Waals surface area contributed by atoms with E-state index >= 15 is 0 Å². The zero-order valence-corrected chi connectivity index (χ0v) is 12.7. The number of anilines is 1. The molecule has 5 nitrogen and oxygen atoms in total. The lowest BCUT2D eigenvalue weighted by atomic mass is 10.1. The van der Waals surface area contributed by atoms with Crippen molar-refractivity contribution >= 4 is 29.4 Å². The van der Waals surface area contributed by atoms with Gasteiger partial charge in [-0.2, -0.15) is 11.8 Å². The number of thioether (sulfide) groups is 1. The predicted octanol–water partition coefficient (Wildman–Crippen LogP) is 2.96. The molecule has 20 heavy (non-hydrogen) atoms. The Labute approximate surface area is 123 Å². The van der Waals surface area contributed by atoms with Crippen LogP contribution in [0, 0.1) is 6.92 Å². The van der Waals surface area contributed by atoms with E-state index in [9.17, 15) is 14.7 Å². The summed E-state index contributed by atoms with van der Waals surface area (Å²) in [4.78, 5) is 23.1. The number of aryl methyl sites for hydroxylation is 1. The van der Waals surface area contributed by atoms with E-state index in [1.54, 1.807) is 36.9 Å². The Bertz CT molecular complexity index is 491. The minimum absolute atomic E-state index is 0.0260. The van der Waals surface area contributed by atoms with E-state index in [0.717, 1.165) is 11.5 Å². The molecule has 0 bridgehead atoms. The van der Waals surface area contributed by atoms with Crippen LogP contribution in [0.15, 0.2) is 18.2 Å². The molecule has 3 N–H and O–H groups in total. The Hall–Kier alpha value is -1.69. The number of carboxylic acids is 1. The third-order valence-electron chi connectivity index (χ3n) is 2.68. The molecule has 0 saturated carbocycles. The standard InChI is InChI=1S/C14H20N2O3S/c1-4-20-8-10(3)15-14(19)16-11-7-5-6-9(2)12(11)13(17)18/h5-7,10H,4,8H2,1-3H3,(H,17,18)(H2,15,16,19). The summed E-state index contributed by atoms with van der Waals surface area (Å²) in [5, 5.41) is 14.6. The molecule has 0 aliphatic heterocycles. The number of hydrogen-bond acceptors (Lipinski definition) is 3. The Morgan fingerprint density at radius 2 is 2.10 bits per heavy atom. The summed E-state index contributed by atoms with van der Waals surface area (Å²) in [5.41, 5.74) is 1.05. The van der Waals surface area contributed by atoms with Gasteiger partial charge in [-0.3, -0.25) is 0 Å². The summed E-state index contributed by atoms with van der Waals surface area (Å²) in [6.07, 6.45) is 0. The second-order valence-electron chi connectivity index (χ2n) is 4.46. The smallest absolute Gasteiger partial charge is 0.338 e. The highest BCUT2D eigenvalue weighted by atomic mass is 32.2. The second kappa shape index (κ2) is 7.79. The molecule has 0 heterocycles. The van der Waals surface area contributed by atoms with Crippen molar-refractivity contribution in [3.8, 4) is 0 Å². The fraction of sp³-hybridized carbons (Fsp3) is 0.429. The Balaban J connectivity index is 2.71. The van der Waals surface area contributed by atoms with E-state index < -0.39 is 5.97 Å². The fourth-order valence-corrected chi connectivity index (χ4v) is 2.45. The number of carbonyl (C=O) groups excluding carboxylic acids is 1. The monoisotopic (exact) mass is 296 g/mol. The van der Waals surface area contributed by atoms with Crippen molar-refractivity contribution < 1.29 is 14.7 Å². The van der Waals surface area contributed by atoms with Crippen LogP contribution in [0.5, 0.6) is 0 Å². The van der Waals surface area contributed by atoms with Crippen LogP contribution >= 0.6 is 11.8 Å². The van der Waals surface area contributed by atoms with E-state index in [4.69, 9.17) is 0 Å². The van der Waals surface area contributed by atoms with Gasteiger partial charge in [0.25, 0.3) is 0 Å². The summed E-state index contributed by atoms with van der Waals surface area (Å²) in [6, 6.07) is 4.64. The minimum Gasteiger partial charge on any atom is -0.478 e. The summed E-state index contributed by atoms with van der Waals surface area (Å²) < 4.78 is 0. The largest absolute Gasteiger partial charge is 0.478 e. The van der Waals surface area contributed by atoms with Gasteiger partial charge in [0, 0.05) is 11.8 Å². The number of carbonyl (C=O) groups is 2. The van der Waals surface area contributed by atoms with Crippen molar-refractivity contribution in [3.05, 3.63) is 29.3 Å². The number of hydrogen-bond donors (Lipinski definition) is 3. The number of aromatic carboxylic acids is 1. The van der Waals surface area contributed by atoms with Crippen molar-refractivity contribution in [2.75, 3.05) is 16.8 Å².